The highest BCUT2D eigenvalue weighted by Crippen LogP contribution is 2.53. The van der Waals surface area contributed by atoms with Gasteiger partial charge in [0.25, 0.3) is 0 Å². The second-order valence-corrected chi connectivity index (χ2v) is 3.96. The fourth-order valence-electron chi connectivity index (χ4n) is 2.72. The fraction of sp³-hybridized carbons (Fsp3) is 1.00. The van der Waals surface area contributed by atoms with E-state index in [1.54, 1.807) is 0 Å². The monoisotopic (exact) mass is 154 g/mol. The van der Waals surface area contributed by atoms with Crippen LogP contribution in [0.3, 0.4) is 0 Å². The highest BCUT2D eigenvalue weighted by Gasteiger charge is 2.63. The number of rotatable bonds is 0. The molecule has 1 aliphatic carbocycles. The van der Waals surface area contributed by atoms with Gasteiger partial charge in [-0.1, -0.05) is 12.8 Å². The van der Waals surface area contributed by atoms with Crippen LogP contribution in [0.1, 0.15) is 32.1 Å². The molecule has 1 unspecified atom stereocenters. The molecule has 0 aromatic heterocycles. The summed E-state index contributed by atoms with van der Waals surface area (Å²) in [6.45, 7) is 0.928. The first-order valence-corrected chi connectivity index (χ1v) is 4.71. The molecule has 2 saturated heterocycles. The molecular weight excluding hydrogens is 140 g/mol. The van der Waals surface area contributed by atoms with Crippen LogP contribution in [0.25, 0.3) is 0 Å². The van der Waals surface area contributed by atoms with Crippen molar-refractivity contribution < 1.29 is 9.47 Å². The van der Waals surface area contributed by atoms with Crippen molar-refractivity contribution in [3.05, 3.63) is 0 Å². The molecule has 0 amide bonds. The van der Waals surface area contributed by atoms with E-state index in [-0.39, 0.29) is 5.60 Å². The summed E-state index contributed by atoms with van der Waals surface area (Å²) in [6.07, 6.45) is 7.32. The van der Waals surface area contributed by atoms with Crippen molar-refractivity contribution in [2.24, 2.45) is 0 Å². The first-order chi connectivity index (χ1) is 5.42. The molecule has 62 valence electrons. The molecule has 0 N–H and O–H groups in total. The van der Waals surface area contributed by atoms with Gasteiger partial charge in [-0.3, -0.25) is 0 Å². The van der Waals surface area contributed by atoms with Crippen molar-refractivity contribution in [1.29, 1.82) is 0 Å². The predicted molar refractivity (Wildman–Crippen MR) is 40.4 cm³/mol. The van der Waals surface area contributed by atoms with Crippen LogP contribution in [0.15, 0.2) is 0 Å². The number of ether oxygens (including phenoxy) is 2. The van der Waals surface area contributed by atoms with Gasteiger partial charge in [0.15, 0.2) is 0 Å². The van der Waals surface area contributed by atoms with Crippen LogP contribution in [-0.2, 0) is 9.47 Å². The first-order valence-electron chi connectivity index (χ1n) is 4.71. The third kappa shape index (κ3) is 0.744. The lowest BCUT2D eigenvalue weighted by atomic mass is 9.81. The van der Waals surface area contributed by atoms with Gasteiger partial charge in [-0.05, 0) is 19.3 Å². The van der Waals surface area contributed by atoms with E-state index in [4.69, 9.17) is 9.47 Å². The van der Waals surface area contributed by atoms with Crippen LogP contribution in [-0.4, -0.2) is 24.4 Å². The largest absolute Gasteiger partial charge is 0.375 e. The van der Waals surface area contributed by atoms with Crippen molar-refractivity contribution >= 4 is 0 Å². The van der Waals surface area contributed by atoms with Gasteiger partial charge in [0.2, 0.25) is 0 Å². The minimum Gasteiger partial charge on any atom is -0.375 e. The van der Waals surface area contributed by atoms with Gasteiger partial charge in [-0.25, -0.2) is 0 Å². The number of epoxide rings is 1. The maximum atomic E-state index is 5.74. The van der Waals surface area contributed by atoms with Gasteiger partial charge in [0.1, 0.15) is 5.60 Å². The molecule has 11 heavy (non-hydrogen) atoms. The lowest BCUT2D eigenvalue weighted by molar-refractivity contribution is -0.0344. The minimum absolute atomic E-state index is 0.219. The summed E-state index contributed by atoms with van der Waals surface area (Å²) in [6, 6.07) is 0. The highest BCUT2D eigenvalue weighted by atomic mass is 16.6. The molecule has 3 atom stereocenters. The molecule has 2 aliphatic heterocycles. The molecule has 0 bridgehead atoms. The van der Waals surface area contributed by atoms with E-state index < -0.39 is 0 Å². The normalized spacial score (nSPS) is 54.5. The Morgan fingerprint density at radius 3 is 3.00 bits per heavy atom. The second kappa shape index (κ2) is 1.99. The first kappa shape index (κ1) is 6.44. The van der Waals surface area contributed by atoms with Crippen molar-refractivity contribution in [3.63, 3.8) is 0 Å². The highest BCUT2D eigenvalue weighted by molar-refractivity contribution is 5.11. The Kier molecular flexibility index (Phi) is 1.16. The van der Waals surface area contributed by atoms with Crippen molar-refractivity contribution in [1.82, 2.24) is 0 Å². The number of hydrogen-bond acceptors (Lipinski definition) is 2. The topological polar surface area (TPSA) is 21.8 Å². The van der Waals surface area contributed by atoms with Crippen LogP contribution in [0.2, 0.25) is 0 Å². The zero-order valence-corrected chi connectivity index (χ0v) is 6.71. The number of hydrogen-bond donors (Lipinski definition) is 0. The minimum atomic E-state index is 0.219. The summed E-state index contributed by atoms with van der Waals surface area (Å²) in [5, 5.41) is 0. The van der Waals surface area contributed by atoms with Crippen molar-refractivity contribution in [3.8, 4) is 0 Å². The van der Waals surface area contributed by atoms with Gasteiger partial charge >= 0.3 is 0 Å². The van der Waals surface area contributed by atoms with E-state index in [0.29, 0.717) is 12.2 Å². The molecule has 3 rings (SSSR count). The van der Waals surface area contributed by atoms with E-state index >= 15 is 0 Å². The van der Waals surface area contributed by atoms with Gasteiger partial charge in [-0.15, -0.1) is 0 Å². The molecule has 2 heterocycles. The van der Waals surface area contributed by atoms with Crippen LogP contribution < -0.4 is 0 Å². The molecule has 0 aromatic carbocycles. The third-order valence-electron chi connectivity index (χ3n) is 3.38. The Balaban J connectivity index is 1.84. The quantitative estimate of drug-likeness (QED) is 0.493. The third-order valence-corrected chi connectivity index (χ3v) is 3.38. The summed E-state index contributed by atoms with van der Waals surface area (Å²) in [5.41, 5.74) is 0.219. The molecule has 1 saturated carbocycles. The Morgan fingerprint density at radius 1 is 1.09 bits per heavy atom. The van der Waals surface area contributed by atoms with Gasteiger partial charge in [-0.2, -0.15) is 0 Å². The van der Waals surface area contributed by atoms with Gasteiger partial charge in [0.05, 0.1) is 12.2 Å². The predicted octanol–water partition coefficient (Wildman–Crippen LogP) is 1.49. The van der Waals surface area contributed by atoms with Crippen LogP contribution in [0.5, 0.6) is 0 Å². The van der Waals surface area contributed by atoms with E-state index in [2.05, 4.69) is 0 Å². The standard InChI is InChI=1S/C9H14O2/c1-2-5-9-7(3-1)10-6-4-8(9)11-9/h7-8H,1-6H2/t7-,8?,9+/m0/s1. The zero-order chi connectivity index (χ0) is 7.31. The smallest absolute Gasteiger partial charge is 0.121 e. The lowest BCUT2D eigenvalue weighted by Crippen LogP contribution is -2.41. The van der Waals surface area contributed by atoms with E-state index in [1.807, 2.05) is 0 Å². The Morgan fingerprint density at radius 2 is 2.09 bits per heavy atom. The van der Waals surface area contributed by atoms with Crippen LogP contribution in [0, 0.1) is 0 Å². The fourth-order valence-corrected chi connectivity index (χ4v) is 2.72. The van der Waals surface area contributed by atoms with Gasteiger partial charge in [0, 0.05) is 6.61 Å². The van der Waals surface area contributed by atoms with Crippen LogP contribution >= 0.6 is 0 Å². The maximum absolute atomic E-state index is 5.74. The van der Waals surface area contributed by atoms with Gasteiger partial charge < -0.3 is 9.47 Å². The van der Waals surface area contributed by atoms with E-state index in [9.17, 15) is 0 Å². The van der Waals surface area contributed by atoms with E-state index in [1.165, 1.54) is 25.7 Å². The summed E-state index contributed by atoms with van der Waals surface area (Å²) in [4.78, 5) is 0. The summed E-state index contributed by atoms with van der Waals surface area (Å²) in [7, 11) is 0. The molecule has 3 aliphatic rings. The molecule has 2 nitrogen and oxygen atoms in total. The molecule has 3 fully saturated rings. The Labute approximate surface area is 66.9 Å². The molecule has 0 radical (unpaired) electrons. The summed E-state index contributed by atoms with van der Waals surface area (Å²) >= 11 is 0. The molecule has 2 heteroatoms. The second-order valence-electron chi connectivity index (χ2n) is 3.96. The van der Waals surface area contributed by atoms with Crippen LogP contribution in [0.4, 0.5) is 0 Å². The molecule has 0 aromatic rings. The average molecular weight is 154 g/mol. The lowest BCUT2D eigenvalue weighted by Gasteiger charge is -2.32. The van der Waals surface area contributed by atoms with E-state index in [0.717, 1.165) is 13.0 Å². The summed E-state index contributed by atoms with van der Waals surface area (Å²) < 4.78 is 11.4. The van der Waals surface area contributed by atoms with Crippen molar-refractivity contribution in [2.75, 3.05) is 6.61 Å². The average Bonchev–Trinajstić information content (AvgIpc) is 2.75. The molecule has 1 spiro atoms. The van der Waals surface area contributed by atoms with Crippen molar-refractivity contribution in [2.45, 2.75) is 49.9 Å². The molecular formula is C9H14O2. The summed E-state index contributed by atoms with van der Waals surface area (Å²) in [5.74, 6) is 0. The Bertz CT molecular complexity index is 178. The Hall–Kier alpha value is -0.0800. The zero-order valence-electron chi connectivity index (χ0n) is 6.71. The SMILES string of the molecule is C1CC[C@]23OC2CCO[C@H]3C1. The maximum Gasteiger partial charge on any atom is 0.121 e.